The van der Waals surface area contributed by atoms with Crippen LogP contribution in [0.5, 0.6) is 0 Å². The molecule has 0 radical (unpaired) electrons. The molecule has 0 aliphatic carbocycles. The van der Waals surface area contributed by atoms with Gasteiger partial charge in [-0.3, -0.25) is 4.57 Å². The zero-order valence-electron chi connectivity index (χ0n) is 20.3. The Bertz CT molecular complexity index is 1400. The van der Waals surface area contributed by atoms with E-state index in [2.05, 4.69) is 14.8 Å². The van der Waals surface area contributed by atoms with Gasteiger partial charge in [0.25, 0.3) is 0 Å². The van der Waals surface area contributed by atoms with Crippen molar-refractivity contribution < 1.29 is 8.78 Å². The van der Waals surface area contributed by atoms with Gasteiger partial charge < -0.3 is 15.5 Å². The van der Waals surface area contributed by atoms with Gasteiger partial charge in [0.1, 0.15) is 23.0 Å². The van der Waals surface area contributed by atoms with Gasteiger partial charge in [-0.25, -0.2) is 18.7 Å². The van der Waals surface area contributed by atoms with Gasteiger partial charge in [-0.2, -0.15) is 0 Å². The van der Waals surface area contributed by atoms with Gasteiger partial charge in [-0.1, -0.05) is 0 Å². The first-order valence-corrected chi connectivity index (χ1v) is 12.8. The Morgan fingerprint density at radius 3 is 2.14 bits per heavy atom. The molecule has 0 unspecified atom stereocenters. The molecule has 8 heteroatoms. The molecule has 6 rings (SSSR count). The monoisotopic (exact) mass is 488 g/mol. The lowest BCUT2D eigenvalue weighted by molar-refractivity contribution is 0.573. The standard InChI is InChI=1S/C28H30F2N6/c29-21-17-19(7-9-23(21)31)27-33-26-25(35-15-5-2-6-16-35)11-12-32-28(26)36(27)24-10-8-20(18-22(24)30)34-13-3-1-4-14-34/h7-12,17-18H,1-6,13-16,31H2. The topological polar surface area (TPSA) is 63.2 Å². The Balaban J connectivity index is 1.53. The van der Waals surface area contributed by atoms with Gasteiger partial charge in [-0.15, -0.1) is 0 Å². The molecular weight excluding hydrogens is 458 g/mol. The molecular formula is C28H30F2N6. The summed E-state index contributed by atoms with van der Waals surface area (Å²) in [6.07, 6.45) is 8.64. The van der Waals surface area contributed by atoms with E-state index in [-0.39, 0.29) is 11.5 Å². The maximum atomic E-state index is 15.8. The first kappa shape index (κ1) is 22.8. The van der Waals surface area contributed by atoms with Crippen molar-refractivity contribution in [2.75, 3.05) is 41.7 Å². The van der Waals surface area contributed by atoms with Crippen LogP contribution in [-0.2, 0) is 0 Å². The highest BCUT2D eigenvalue weighted by molar-refractivity contribution is 5.90. The van der Waals surface area contributed by atoms with E-state index in [4.69, 9.17) is 10.7 Å². The minimum atomic E-state index is -0.531. The summed E-state index contributed by atoms with van der Waals surface area (Å²) in [7, 11) is 0. The van der Waals surface area contributed by atoms with Crippen molar-refractivity contribution >= 4 is 28.2 Å². The molecule has 2 aliphatic heterocycles. The van der Waals surface area contributed by atoms with E-state index in [1.165, 1.54) is 25.0 Å². The highest BCUT2D eigenvalue weighted by Crippen LogP contribution is 2.35. The summed E-state index contributed by atoms with van der Waals surface area (Å²) >= 11 is 0. The molecule has 0 amide bonds. The van der Waals surface area contributed by atoms with Crippen molar-refractivity contribution in [2.45, 2.75) is 38.5 Å². The number of halogens is 2. The number of imidazole rings is 1. The van der Waals surface area contributed by atoms with E-state index in [0.29, 0.717) is 28.2 Å². The fourth-order valence-corrected chi connectivity index (χ4v) is 5.46. The van der Waals surface area contributed by atoms with Crippen molar-refractivity contribution in [1.82, 2.24) is 14.5 Å². The van der Waals surface area contributed by atoms with Crippen LogP contribution in [0, 0.1) is 11.6 Å². The van der Waals surface area contributed by atoms with Crippen LogP contribution in [0.3, 0.4) is 0 Å². The summed E-state index contributed by atoms with van der Waals surface area (Å²) in [6, 6.07) is 11.9. The highest BCUT2D eigenvalue weighted by atomic mass is 19.1. The van der Waals surface area contributed by atoms with E-state index in [1.807, 2.05) is 12.1 Å². The van der Waals surface area contributed by atoms with Gasteiger partial charge in [0.15, 0.2) is 5.65 Å². The molecule has 0 spiro atoms. The van der Waals surface area contributed by atoms with Crippen LogP contribution in [0.4, 0.5) is 25.8 Å². The summed E-state index contributed by atoms with van der Waals surface area (Å²) in [6.45, 7) is 3.75. The molecule has 4 aromatic rings. The highest BCUT2D eigenvalue weighted by Gasteiger charge is 2.24. The Morgan fingerprint density at radius 2 is 1.44 bits per heavy atom. The number of rotatable bonds is 4. The van der Waals surface area contributed by atoms with E-state index in [9.17, 15) is 4.39 Å². The van der Waals surface area contributed by atoms with Gasteiger partial charge in [0.2, 0.25) is 0 Å². The minimum Gasteiger partial charge on any atom is -0.396 e. The van der Waals surface area contributed by atoms with E-state index in [0.717, 1.165) is 63.2 Å². The number of nitrogen functional groups attached to an aromatic ring is 1. The third kappa shape index (κ3) is 4.04. The average molecular weight is 489 g/mol. The zero-order valence-corrected chi connectivity index (χ0v) is 20.3. The summed E-state index contributed by atoms with van der Waals surface area (Å²) in [5, 5.41) is 0. The fraction of sp³-hybridized carbons (Fsp3) is 0.357. The number of benzene rings is 2. The number of nitrogens with two attached hydrogens (primary N) is 1. The molecule has 186 valence electrons. The molecule has 2 fully saturated rings. The van der Waals surface area contributed by atoms with Gasteiger partial charge in [-0.05, 0) is 81.0 Å². The predicted octanol–water partition coefficient (Wildman–Crippen LogP) is 5.93. The average Bonchev–Trinajstić information content (AvgIpc) is 3.31. The van der Waals surface area contributed by atoms with Crippen LogP contribution < -0.4 is 15.5 Å². The summed E-state index contributed by atoms with van der Waals surface area (Å²) in [5.41, 5.74) is 9.75. The molecule has 2 aliphatic rings. The van der Waals surface area contributed by atoms with Crippen molar-refractivity contribution in [3.63, 3.8) is 0 Å². The minimum absolute atomic E-state index is 0.0607. The summed E-state index contributed by atoms with van der Waals surface area (Å²) in [5.74, 6) is -0.457. The molecule has 0 atom stereocenters. The molecule has 36 heavy (non-hydrogen) atoms. The maximum absolute atomic E-state index is 15.8. The number of piperidine rings is 2. The molecule has 2 saturated heterocycles. The third-order valence-electron chi connectivity index (χ3n) is 7.37. The predicted molar refractivity (Wildman–Crippen MR) is 141 cm³/mol. The smallest absolute Gasteiger partial charge is 0.167 e. The van der Waals surface area contributed by atoms with Gasteiger partial charge >= 0.3 is 0 Å². The summed E-state index contributed by atoms with van der Waals surface area (Å²) < 4.78 is 32.0. The quantitative estimate of drug-likeness (QED) is 0.361. The molecule has 0 saturated carbocycles. The second-order valence-corrected chi connectivity index (χ2v) is 9.74. The largest absolute Gasteiger partial charge is 0.396 e. The maximum Gasteiger partial charge on any atom is 0.167 e. The number of anilines is 3. The molecule has 6 nitrogen and oxygen atoms in total. The lowest BCUT2D eigenvalue weighted by Crippen LogP contribution is -2.29. The third-order valence-corrected chi connectivity index (χ3v) is 7.37. The van der Waals surface area contributed by atoms with Crippen molar-refractivity contribution in [3.8, 4) is 17.1 Å². The van der Waals surface area contributed by atoms with Crippen LogP contribution in [0.1, 0.15) is 38.5 Å². The lowest BCUT2D eigenvalue weighted by Gasteiger charge is -2.29. The van der Waals surface area contributed by atoms with Crippen molar-refractivity contribution in [1.29, 1.82) is 0 Å². The SMILES string of the molecule is Nc1ccc(-c2nc3c(N4CCCCC4)ccnc3n2-c2ccc(N3CCCCC3)cc2F)cc1F. The molecule has 2 aromatic heterocycles. The Kier molecular flexibility index (Phi) is 5.95. The number of nitrogens with zero attached hydrogens (tertiary/aromatic N) is 5. The van der Waals surface area contributed by atoms with Crippen LogP contribution in [-0.4, -0.2) is 40.7 Å². The number of aromatic nitrogens is 3. The second-order valence-electron chi connectivity index (χ2n) is 9.74. The number of fused-ring (bicyclic) bond motifs is 1. The van der Waals surface area contributed by atoms with E-state index in [1.54, 1.807) is 29.0 Å². The van der Waals surface area contributed by atoms with Crippen LogP contribution in [0.15, 0.2) is 48.7 Å². The van der Waals surface area contributed by atoms with Gasteiger partial charge in [0, 0.05) is 43.6 Å². The first-order chi connectivity index (χ1) is 17.6. The summed E-state index contributed by atoms with van der Waals surface area (Å²) in [4.78, 5) is 14.1. The lowest BCUT2D eigenvalue weighted by atomic mass is 10.1. The first-order valence-electron chi connectivity index (χ1n) is 12.8. The van der Waals surface area contributed by atoms with Crippen molar-refractivity contribution in [3.05, 3.63) is 60.3 Å². The molecule has 2 aromatic carbocycles. The number of pyridine rings is 1. The van der Waals surface area contributed by atoms with E-state index >= 15 is 4.39 Å². The normalized spacial score (nSPS) is 16.6. The molecule has 2 N–H and O–H groups in total. The van der Waals surface area contributed by atoms with Gasteiger partial charge in [0.05, 0.1) is 17.1 Å². The fourth-order valence-electron chi connectivity index (χ4n) is 5.46. The second kappa shape index (κ2) is 9.41. The number of hydrogen-bond acceptors (Lipinski definition) is 5. The zero-order chi connectivity index (χ0) is 24.6. The van der Waals surface area contributed by atoms with Crippen LogP contribution in [0.25, 0.3) is 28.2 Å². The Hall–Kier alpha value is -3.68. The van der Waals surface area contributed by atoms with Crippen LogP contribution >= 0.6 is 0 Å². The van der Waals surface area contributed by atoms with Crippen LogP contribution in [0.2, 0.25) is 0 Å². The van der Waals surface area contributed by atoms with E-state index < -0.39 is 5.82 Å². The number of hydrogen-bond donors (Lipinski definition) is 1. The van der Waals surface area contributed by atoms with Crippen molar-refractivity contribution in [2.24, 2.45) is 0 Å². The molecule has 4 heterocycles. The Morgan fingerprint density at radius 1 is 0.722 bits per heavy atom. The Labute approximate surface area is 209 Å². The molecule has 0 bridgehead atoms.